The molecule has 136 valence electrons. The van der Waals surface area contributed by atoms with E-state index in [2.05, 4.69) is 25.6 Å². The molecule has 3 heterocycles. The summed E-state index contributed by atoms with van der Waals surface area (Å²) in [6, 6.07) is 13.5. The lowest BCUT2D eigenvalue weighted by Crippen LogP contribution is -2.40. The fraction of sp³-hybridized carbons (Fsp3) is 0.150. The number of pyridine rings is 1. The largest absolute Gasteiger partial charge is 0.345 e. The molecule has 0 saturated heterocycles. The highest BCUT2D eigenvalue weighted by atomic mass is 32.1. The van der Waals surface area contributed by atoms with Crippen molar-refractivity contribution in [1.29, 1.82) is 0 Å². The molecule has 0 unspecified atom stereocenters. The van der Waals surface area contributed by atoms with Crippen LogP contribution in [0.5, 0.6) is 0 Å². The average molecular weight is 377 g/mol. The van der Waals surface area contributed by atoms with Gasteiger partial charge in [0, 0.05) is 28.7 Å². The minimum Gasteiger partial charge on any atom is -0.345 e. The fourth-order valence-electron chi connectivity index (χ4n) is 2.99. The van der Waals surface area contributed by atoms with Gasteiger partial charge in [-0.15, -0.1) is 11.3 Å². The van der Waals surface area contributed by atoms with Crippen molar-refractivity contribution in [3.63, 3.8) is 0 Å². The molecular formula is C20H19N5OS. The number of nitrogens with zero attached hydrogens (tertiary/aromatic N) is 2. The molecule has 0 fully saturated rings. The van der Waals surface area contributed by atoms with Crippen LogP contribution in [-0.4, -0.2) is 33.9 Å². The molecule has 27 heavy (non-hydrogen) atoms. The summed E-state index contributed by atoms with van der Waals surface area (Å²) in [7, 11) is 1.79. The van der Waals surface area contributed by atoms with Crippen molar-refractivity contribution in [2.24, 2.45) is 0 Å². The molecule has 0 bridgehead atoms. The van der Waals surface area contributed by atoms with Gasteiger partial charge in [0.15, 0.2) is 5.13 Å². The highest BCUT2D eigenvalue weighted by Gasteiger charge is 2.19. The standard InChI is InChI=1S/C20H19N5OS/c1-21-16(10-13-6-3-2-4-7-13)19(26)25-20-24-17(12-27-20)15-11-23-18-14(15)8-5-9-22-18/h2-9,11-12,16,21H,10H2,1H3,(H,22,23)(H,24,25,26)/t16-/m0/s1. The molecule has 0 saturated carbocycles. The number of hydrogen-bond acceptors (Lipinski definition) is 5. The van der Waals surface area contributed by atoms with Gasteiger partial charge in [-0.05, 0) is 31.2 Å². The molecule has 6 nitrogen and oxygen atoms in total. The van der Waals surface area contributed by atoms with E-state index in [1.807, 2.05) is 54.0 Å². The predicted molar refractivity (Wildman–Crippen MR) is 109 cm³/mol. The summed E-state index contributed by atoms with van der Waals surface area (Å²) in [4.78, 5) is 24.7. The zero-order chi connectivity index (χ0) is 18.6. The van der Waals surface area contributed by atoms with Crippen LogP contribution in [0.2, 0.25) is 0 Å². The average Bonchev–Trinajstić information content (AvgIpc) is 3.33. The predicted octanol–water partition coefficient (Wildman–Crippen LogP) is 3.46. The molecule has 0 aliphatic carbocycles. The van der Waals surface area contributed by atoms with Crippen molar-refractivity contribution in [3.05, 3.63) is 65.8 Å². The quantitative estimate of drug-likeness (QED) is 0.481. The number of likely N-dealkylation sites (N-methyl/N-ethyl adjacent to an activating group) is 1. The zero-order valence-corrected chi connectivity index (χ0v) is 15.6. The van der Waals surface area contributed by atoms with Crippen LogP contribution >= 0.6 is 11.3 Å². The summed E-state index contributed by atoms with van der Waals surface area (Å²) in [5.41, 5.74) is 3.73. The molecule has 4 rings (SSSR count). The second-order valence-electron chi connectivity index (χ2n) is 6.16. The number of anilines is 1. The molecule has 4 aromatic rings. The van der Waals surface area contributed by atoms with Crippen molar-refractivity contribution in [1.82, 2.24) is 20.3 Å². The number of amides is 1. The summed E-state index contributed by atoms with van der Waals surface area (Å²) >= 11 is 1.41. The van der Waals surface area contributed by atoms with E-state index in [1.54, 1.807) is 13.2 Å². The van der Waals surface area contributed by atoms with Crippen molar-refractivity contribution in [2.45, 2.75) is 12.5 Å². The van der Waals surface area contributed by atoms with Gasteiger partial charge in [0.2, 0.25) is 5.91 Å². The molecular weight excluding hydrogens is 358 g/mol. The third kappa shape index (κ3) is 3.74. The monoisotopic (exact) mass is 377 g/mol. The molecule has 0 aliphatic heterocycles. The maximum absolute atomic E-state index is 12.6. The molecule has 1 amide bonds. The maximum atomic E-state index is 12.6. The Morgan fingerprint density at radius 1 is 1.22 bits per heavy atom. The lowest BCUT2D eigenvalue weighted by Gasteiger charge is -2.15. The van der Waals surface area contributed by atoms with E-state index >= 15 is 0 Å². The van der Waals surface area contributed by atoms with Crippen LogP contribution < -0.4 is 10.6 Å². The number of nitrogens with one attached hydrogen (secondary N) is 3. The van der Waals surface area contributed by atoms with Gasteiger partial charge < -0.3 is 15.6 Å². The van der Waals surface area contributed by atoms with Crippen LogP contribution in [0.25, 0.3) is 22.3 Å². The summed E-state index contributed by atoms with van der Waals surface area (Å²) < 4.78 is 0. The minimum atomic E-state index is -0.322. The van der Waals surface area contributed by atoms with Crippen molar-refractivity contribution in [2.75, 3.05) is 12.4 Å². The summed E-state index contributed by atoms with van der Waals surface area (Å²) in [5.74, 6) is -0.0946. The summed E-state index contributed by atoms with van der Waals surface area (Å²) in [6.07, 6.45) is 4.26. The van der Waals surface area contributed by atoms with Crippen LogP contribution in [0.4, 0.5) is 5.13 Å². The van der Waals surface area contributed by atoms with Gasteiger partial charge in [-0.1, -0.05) is 30.3 Å². The number of carbonyl (C=O) groups excluding carboxylic acids is 1. The van der Waals surface area contributed by atoms with E-state index in [0.717, 1.165) is 27.9 Å². The van der Waals surface area contributed by atoms with Gasteiger partial charge in [-0.3, -0.25) is 4.79 Å². The summed E-state index contributed by atoms with van der Waals surface area (Å²) in [5, 5.41) is 9.54. The Kier molecular flexibility index (Phi) is 4.95. The number of fused-ring (bicyclic) bond motifs is 1. The van der Waals surface area contributed by atoms with Crippen LogP contribution in [0.15, 0.2) is 60.2 Å². The lowest BCUT2D eigenvalue weighted by molar-refractivity contribution is -0.118. The lowest BCUT2D eigenvalue weighted by atomic mass is 10.1. The van der Waals surface area contributed by atoms with E-state index in [1.165, 1.54) is 11.3 Å². The number of rotatable bonds is 6. The first-order valence-corrected chi connectivity index (χ1v) is 9.52. The van der Waals surface area contributed by atoms with E-state index in [4.69, 9.17) is 0 Å². The van der Waals surface area contributed by atoms with Crippen LogP contribution in [-0.2, 0) is 11.2 Å². The number of aromatic amines is 1. The number of thiazole rings is 1. The van der Waals surface area contributed by atoms with Gasteiger partial charge in [0.1, 0.15) is 5.65 Å². The fourth-order valence-corrected chi connectivity index (χ4v) is 3.70. The van der Waals surface area contributed by atoms with E-state index in [-0.39, 0.29) is 11.9 Å². The summed E-state index contributed by atoms with van der Waals surface area (Å²) in [6.45, 7) is 0. The van der Waals surface area contributed by atoms with E-state index in [0.29, 0.717) is 11.6 Å². The molecule has 1 aromatic carbocycles. The SMILES string of the molecule is CN[C@@H](Cc1ccccc1)C(=O)Nc1nc(-c2c[nH]c3ncccc23)cs1. The van der Waals surface area contributed by atoms with Crippen molar-refractivity contribution in [3.8, 4) is 11.3 Å². The van der Waals surface area contributed by atoms with Gasteiger partial charge >= 0.3 is 0 Å². The molecule has 3 N–H and O–H groups in total. The second-order valence-corrected chi connectivity index (χ2v) is 7.02. The maximum Gasteiger partial charge on any atom is 0.243 e. The van der Waals surface area contributed by atoms with Gasteiger partial charge in [-0.25, -0.2) is 9.97 Å². The van der Waals surface area contributed by atoms with E-state index in [9.17, 15) is 4.79 Å². The topological polar surface area (TPSA) is 82.7 Å². The number of benzene rings is 1. The molecule has 0 aliphatic rings. The number of aromatic nitrogens is 3. The Hall–Kier alpha value is -3.03. The Morgan fingerprint density at radius 3 is 2.89 bits per heavy atom. The molecule has 3 aromatic heterocycles. The van der Waals surface area contributed by atoms with Crippen LogP contribution in [0.3, 0.4) is 0 Å². The first-order chi connectivity index (χ1) is 13.2. The van der Waals surface area contributed by atoms with Gasteiger partial charge in [0.05, 0.1) is 11.7 Å². The Balaban J connectivity index is 1.49. The smallest absolute Gasteiger partial charge is 0.243 e. The molecule has 0 radical (unpaired) electrons. The normalized spacial score (nSPS) is 12.2. The number of H-pyrrole nitrogens is 1. The zero-order valence-electron chi connectivity index (χ0n) is 14.8. The highest BCUT2D eigenvalue weighted by Crippen LogP contribution is 2.30. The van der Waals surface area contributed by atoms with E-state index < -0.39 is 0 Å². The third-order valence-electron chi connectivity index (χ3n) is 4.41. The molecule has 7 heteroatoms. The third-order valence-corrected chi connectivity index (χ3v) is 5.17. The number of hydrogen-bond donors (Lipinski definition) is 3. The minimum absolute atomic E-state index is 0.0946. The van der Waals surface area contributed by atoms with Gasteiger partial charge in [-0.2, -0.15) is 0 Å². The molecule has 1 atom stereocenters. The van der Waals surface area contributed by atoms with Crippen LogP contribution in [0.1, 0.15) is 5.56 Å². The van der Waals surface area contributed by atoms with Crippen LogP contribution in [0, 0.1) is 0 Å². The molecule has 0 spiro atoms. The second kappa shape index (κ2) is 7.69. The Labute approximate surface area is 160 Å². The first-order valence-electron chi connectivity index (χ1n) is 8.64. The Bertz CT molecular complexity index is 1060. The van der Waals surface area contributed by atoms with Gasteiger partial charge in [0.25, 0.3) is 0 Å². The highest BCUT2D eigenvalue weighted by molar-refractivity contribution is 7.14. The van der Waals surface area contributed by atoms with Crippen molar-refractivity contribution < 1.29 is 4.79 Å². The van der Waals surface area contributed by atoms with Crippen molar-refractivity contribution >= 4 is 33.4 Å². The first kappa shape index (κ1) is 17.4. The number of carbonyl (C=O) groups is 1. The Morgan fingerprint density at radius 2 is 2.07 bits per heavy atom.